The van der Waals surface area contributed by atoms with Crippen LogP contribution in [0.15, 0.2) is 76.1 Å². The smallest absolute Gasteiger partial charge is 0.264 e. The van der Waals surface area contributed by atoms with Crippen molar-refractivity contribution in [1.82, 2.24) is 10.2 Å². The van der Waals surface area contributed by atoms with Gasteiger partial charge in [0.25, 0.3) is 10.0 Å². The fraction of sp³-hybridized carbons (Fsp3) is 0.355. The van der Waals surface area contributed by atoms with E-state index in [0.717, 1.165) is 31.9 Å². The Morgan fingerprint density at radius 2 is 1.56 bits per heavy atom. The lowest BCUT2D eigenvalue weighted by molar-refractivity contribution is -0.139. The van der Waals surface area contributed by atoms with E-state index in [0.29, 0.717) is 5.75 Å². The number of hydrogen-bond donors (Lipinski definition) is 1. The zero-order valence-corrected chi connectivity index (χ0v) is 26.8. The minimum absolute atomic E-state index is 0.0430. The molecule has 0 saturated carbocycles. The lowest BCUT2D eigenvalue weighted by Gasteiger charge is -2.33. The van der Waals surface area contributed by atoms with Crippen LogP contribution in [-0.4, -0.2) is 50.9 Å². The fourth-order valence-corrected chi connectivity index (χ4v) is 5.86. The highest BCUT2D eigenvalue weighted by molar-refractivity contribution is 9.10. The first kappa shape index (κ1) is 32.1. The van der Waals surface area contributed by atoms with Crippen LogP contribution in [-0.2, 0) is 26.2 Å². The average Bonchev–Trinajstić information content (AvgIpc) is 2.95. The van der Waals surface area contributed by atoms with Crippen molar-refractivity contribution in [3.63, 3.8) is 0 Å². The molecular weight excluding hydrogens is 606 g/mol. The highest BCUT2D eigenvalue weighted by Gasteiger charge is 2.34. The number of sulfonamides is 1. The van der Waals surface area contributed by atoms with Gasteiger partial charge in [-0.2, -0.15) is 0 Å². The van der Waals surface area contributed by atoms with E-state index in [-0.39, 0.29) is 29.1 Å². The second kappa shape index (κ2) is 14.0. The van der Waals surface area contributed by atoms with Gasteiger partial charge in [-0.15, -0.1) is 0 Å². The Hall–Kier alpha value is -3.37. The molecule has 0 saturated heterocycles. The molecule has 10 heteroatoms. The molecule has 1 N–H and O–H groups in total. The van der Waals surface area contributed by atoms with Crippen molar-refractivity contribution in [2.45, 2.75) is 64.6 Å². The summed E-state index contributed by atoms with van der Waals surface area (Å²) in [5, 5.41) is 2.94. The van der Waals surface area contributed by atoms with E-state index >= 15 is 0 Å². The first-order valence-corrected chi connectivity index (χ1v) is 15.7. The largest absolute Gasteiger partial charge is 0.495 e. The van der Waals surface area contributed by atoms with Crippen molar-refractivity contribution in [2.24, 2.45) is 0 Å². The van der Waals surface area contributed by atoms with Crippen molar-refractivity contribution < 1.29 is 22.7 Å². The van der Waals surface area contributed by atoms with Crippen molar-refractivity contribution >= 4 is 43.5 Å². The summed E-state index contributed by atoms with van der Waals surface area (Å²) >= 11 is 3.42. The summed E-state index contributed by atoms with van der Waals surface area (Å²) in [6, 6.07) is 18.1. The summed E-state index contributed by atoms with van der Waals surface area (Å²) < 4.78 is 35.6. The maximum atomic E-state index is 14.1. The van der Waals surface area contributed by atoms with Crippen molar-refractivity contribution in [1.29, 1.82) is 0 Å². The normalized spacial score (nSPS) is 12.8. The molecule has 3 aromatic rings. The van der Waals surface area contributed by atoms with E-state index in [4.69, 9.17) is 4.74 Å². The topological polar surface area (TPSA) is 96.0 Å². The summed E-state index contributed by atoms with van der Waals surface area (Å²) in [6.45, 7) is 8.79. The molecule has 3 aromatic carbocycles. The maximum absolute atomic E-state index is 14.1. The number of anilines is 1. The van der Waals surface area contributed by atoms with Crippen LogP contribution in [0.5, 0.6) is 5.75 Å². The van der Waals surface area contributed by atoms with Crippen LogP contribution in [0, 0.1) is 13.8 Å². The third-order valence-electron chi connectivity index (χ3n) is 6.93. The van der Waals surface area contributed by atoms with E-state index in [1.54, 1.807) is 31.2 Å². The summed E-state index contributed by atoms with van der Waals surface area (Å²) in [5.41, 5.74) is 2.74. The molecule has 0 aliphatic rings. The number of benzene rings is 3. The van der Waals surface area contributed by atoms with Gasteiger partial charge in [0.1, 0.15) is 18.3 Å². The molecule has 0 aliphatic carbocycles. The van der Waals surface area contributed by atoms with Crippen LogP contribution in [0.2, 0.25) is 0 Å². The van der Waals surface area contributed by atoms with Crippen LogP contribution in [0.4, 0.5) is 5.69 Å². The molecule has 3 rings (SSSR count). The molecule has 8 nitrogen and oxygen atoms in total. The number of carbonyl (C=O) groups is 2. The van der Waals surface area contributed by atoms with Gasteiger partial charge in [0, 0.05) is 17.1 Å². The van der Waals surface area contributed by atoms with Crippen molar-refractivity contribution in [2.75, 3.05) is 18.0 Å². The molecule has 220 valence electrons. The number of hydrogen-bond acceptors (Lipinski definition) is 5. The molecule has 0 aromatic heterocycles. The van der Waals surface area contributed by atoms with Gasteiger partial charge in [-0.1, -0.05) is 58.7 Å². The highest BCUT2D eigenvalue weighted by atomic mass is 79.9. The number of aryl methyl sites for hydroxylation is 2. The molecule has 0 unspecified atom stereocenters. The Bertz CT molecular complexity index is 1460. The molecular formula is C31H38BrN3O5S. The second-order valence-corrected chi connectivity index (χ2v) is 12.9. The molecule has 0 spiro atoms. The first-order chi connectivity index (χ1) is 19.4. The second-order valence-electron chi connectivity index (χ2n) is 10.1. The summed E-state index contributed by atoms with van der Waals surface area (Å²) in [6.07, 6.45) is 0.731. The van der Waals surface area contributed by atoms with Gasteiger partial charge in [0.15, 0.2) is 0 Å². The third kappa shape index (κ3) is 8.10. The van der Waals surface area contributed by atoms with E-state index in [1.165, 1.54) is 24.1 Å². The number of rotatable bonds is 12. The predicted octanol–water partition coefficient (Wildman–Crippen LogP) is 5.60. The predicted molar refractivity (Wildman–Crippen MR) is 165 cm³/mol. The van der Waals surface area contributed by atoms with Crippen LogP contribution in [0.3, 0.4) is 0 Å². The standard InChI is InChI=1S/C31H38BrN3O5S/c1-7-23(4)33-31(37)24(5)34(19-25-11-13-26(32)14-12-25)30(36)20-35(28-18-22(3)10-17-29(28)40-6)41(38,39)27-15-8-21(2)9-16-27/h8-18,23-24H,7,19-20H2,1-6H3,(H,33,37)/t23-,24-/m1/s1. The molecule has 41 heavy (non-hydrogen) atoms. The zero-order chi connectivity index (χ0) is 30.3. The molecule has 0 fully saturated rings. The van der Waals surface area contributed by atoms with Crippen LogP contribution in [0.1, 0.15) is 43.9 Å². The third-order valence-corrected chi connectivity index (χ3v) is 9.23. The van der Waals surface area contributed by atoms with Gasteiger partial charge < -0.3 is 15.0 Å². The van der Waals surface area contributed by atoms with Crippen LogP contribution < -0.4 is 14.4 Å². The van der Waals surface area contributed by atoms with Gasteiger partial charge in [-0.3, -0.25) is 13.9 Å². The molecule has 0 bridgehead atoms. The Balaban J connectivity index is 2.09. The number of nitrogens with one attached hydrogen (secondary N) is 1. The summed E-state index contributed by atoms with van der Waals surface area (Å²) in [5.74, 6) is -0.536. The lowest BCUT2D eigenvalue weighted by atomic mass is 10.1. The maximum Gasteiger partial charge on any atom is 0.264 e. The zero-order valence-electron chi connectivity index (χ0n) is 24.3. The van der Waals surface area contributed by atoms with Gasteiger partial charge in [0.05, 0.1) is 17.7 Å². The number of halogens is 1. The average molecular weight is 645 g/mol. The number of ether oxygens (including phenoxy) is 1. The van der Waals surface area contributed by atoms with E-state index in [1.807, 2.05) is 58.0 Å². The minimum atomic E-state index is -4.20. The van der Waals surface area contributed by atoms with E-state index < -0.39 is 28.5 Å². The monoisotopic (exact) mass is 643 g/mol. The highest BCUT2D eigenvalue weighted by Crippen LogP contribution is 2.34. The quantitative estimate of drug-likeness (QED) is 0.277. The lowest BCUT2D eigenvalue weighted by Crippen LogP contribution is -2.52. The van der Waals surface area contributed by atoms with Gasteiger partial charge in [-0.05, 0) is 81.6 Å². The van der Waals surface area contributed by atoms with E-state index in [9.17, 15) is 18.0 Å². The molecule has 0 radical (unpaired) electrons. The molecule has 2 atom stereocenters. The van der Waals surface area contributed by atoms with E-state index in [2.05, 4.69) is 21.2 Å². The summed E-state index contributed by atoms with van der Waals surface area (Å²) in [4.78, 5) is 28.8. The van der Waals surface area contributed by atoms with Gasteiger partial charge in [-0.25, -0.2) is 8.42 Å². The first-order valence-electron chi connectivity index (χ1n) is 13.5. The molecule has 0 aliphatic heterocycles. The number of amides is 2. The molecule has 2 amide bonds. The Labute approximate surface area is 251 Å². The number of methoxy groups -OCH3 is 1. The Morgan fingerprint density at radius 3 is 2.15 bits per heavy atom. The van der Waals surface area contributed by atoms with Crippen molar-refractivity contribution in [3.8, 4) is 5.75 Å². The van der Waals surface area contributed by atoms with Gasteiger partial charge in [0.2, 0.25) is 11.8 Å². The van der Waals surface area contributed by atoms with Crippen LogP contribution in [0.25, 0.3) is 0 Å². The number of nitrogens with zero attached hydrogens (tertiary/aromatic N) is 2. The minimum Gasteiger partial charge on any atom is -0.495 e. The Kier molecular flexibility index (Phi) is 11.0. The summed E-state index contributed by atoms with van der Waals surface area (Å²) in [7, 11) is -2.74. The van der Waals surface area contributed by atoms with Crippen LogP contribution >= 0.6 is 15.9 Å². The SMILES string of the molecule is CC[C@@H](C)NC(=O)[C@@H](C)N(Cc1ccc(Br)cc1)C(=O)CN(c1cc(C)ccc1OC)S(=O)(=O)c1ccc(C)cc1. The Morgan fingerprint density at radius 1 is 0.951 bits per heavy atom. The molecule has 0 heterocycles. The van der Waals surface area contributed by atoms with Gasteiger partial charge >= 0.3 is 0 Å². The van der Waals surface area contributed by atoms with Crippen molar-refractivity contribution in [3.05, 3.63) is 87.9 Å². The number of carbonyl (C=O) groups excluding carboxylic acids is 2. The fourth-order valence-electron chi connectivity index (χ4n) is 4.18.